The minimum Gasteiger partial charge on any atom is -0.493 e. The summed E-state index contributed by atoms with van der Waals surface area (Å²) in [6.45, 7) is 1.42. The third kappa shape index (κ3) is 4.77. The van der Waals surface area contributed by atoms with Crippen molar-refractivity contribution in [2.75, 3.05) is 7.11 Å². The number of hydrogen-bond acceptors (Lipinski definition) is 6. The summed E-state index contributed by atoms with van der Waals surface area (Å²) in [4.78, 5) is 25.2. The molecule has 0 spiro atoms. The Morgan fingerprint density at radius 3 is 2.48 bits per heavy atom. The maximum Gasteiger partial charge on any atom is 0.344 e. The Morgan fingerprint density at radius 2 is 1.92 bits per heavy atom. The van der Waals surface area contributed by atoms with Gasteiger partial charge in [0.2, 0.25) is 0 Å². The first-order valence-electron chi connectivity index (χ1n) is 7.26. The van der Waals surface area contributed by atoms with Crippen molar-refractivity contribution >= 4 is 23.6 Å². The number of carbonyl (C=O) groups is 1. The quantitative estimate of drug-likeness (QED) is 0.469. The average molecular weight is 344 g/mol. The molecule has 2 aromatic carbocycles. The van der Waals surface area contributed by atoms with Crippen LogP contribution in [0.4, 0.5) is 11.4 Å². The van der Waals surface area contributed by atoms with Crippen molar-refractivity contribution in [1.29, 1.82) is 0 Å². The largest absolute Gasteiger partial charge is 0.493 e. The van der Waals surface area contributed by atoms with Gasteiger partial charge in [-0.1, -0.05) is 0 Å². The molecular weight excluding hydrogens is 328 g/mol. The van der Waals surface area contributed by atoms with E-state index >= 15 is 0 Å². The van der Waals surface area contributed by atoms with Crippen molar-refractivity contribution in [3.05, 3.63) is 58.1 Å². The number of nitro groups is 1. The van der Waals surface area contributed by atoms with E-state index in [4.69, 9.17) is 14.6 Å². The lowest BCUT2D eigenvalue weighted by atomic mass is 10.2. The third-order valence-electron chi connectivity index (χ3n) is 3.26. The molecule has 0 aliphatic heterocycles. The predicted octanol–water partition coefficient (Wildman–Crippen LogP) is 3.21. The van der Waals surface area contributed by atoms with Crippen LogP contribution in [0, 0.1) is 10.1 Å². The molecule has 1 N–H and O–H groups in total. The molecule has 0 aliphatic rings. The van der Waals surface area contributed by atoms with Crippen LogP contribution in [0.3, 0.4) is 0 Å². The molecule has 0 fully saturated rings. The van der Waals surface area contributed by atoms with E-state index in [2.05, 4.69) is 4.99 Å². The summed E-state index contributed by atoms with van der Waals surface area (Å²) in [6, 6.07) is 10.8. The summed E-state index contributed by atoms with van der Waals surface area (Å²) < 4.78 is 10.5. The summed E-state index contributed by atoms with van der Waals surface area (Å²) in [5, 5.41) is 19.5. The van der Waals surface area contributed by atoms with Crippen LogP contribution >= 0.6 is 0 Å². The van der Waals surface area contributed by atoms with E-state index in [1.165, 1.54) is 38.3 Å². The normalized spacial score (nSPS) is 11.9. The van der Waals surface area contributed by atoms with Crippen LogP contribution in [0.1, 0.15) is 12.5 Å². The number of nitrogens with zero attached hydrogens (tertiary/aromatic N) is 2. The Kier molecular flexibility index (Phi) is 5.67. The number of methoxy groups -OCH3 is 1. The molecule has 0 saturated heterocycles. The second-order valence-electron chi connectivity index (χ2n) is 5.04. The maximum atomic E-state index is 10.9. The van der Waals surface area contributed by atoms with Crippen LogP contribution in [0.25, 0.3) is 0 Å². The lowest BCUT2D eigenvalue weighted by Gasteiger charge is -2.14. The number of ether oxygens (including phenoxy) is 2. The van der Waals surface area contributed by atoms with Gasteiger partial charge in [0.25, 0.3) is 5.69 Å². The number of carboxylic acids is 1. The second-order valence-corrected chi connectivity index (χ2v) is 5.04. The summed E-state index contributed by atoms with van der Waals surface area (Å²) >= 11 is 0. The number of carboxylic acid groups (broad SMARTS) is 1. The van der Waals surface area contributed by atoms with Gasteiger partial charge in [0.1, 0.15) is 0 Å². The SMILES string of the molecule is COc1cc(C=Nc2ccc([N+](=O)[O-])cc2)ccc1O[C@H](C)C(=O)O. The molecule has 2 aromatic rings. The van der Waals surface area contributed by atoms with Crippen LogP contribution in [0.2, 0.25) is 0 Å². The number of aliphatic carboxylic acids is 1. The summed E-state index contributed by atoms with van der Waals surface area (Å²) in [5.74, 6) is -0.392. The zero-order valence-electron chi connectivity index (χ0n) is 13.6. The van der Waals surface area contributed by atoms with E-state index in [-0.39, 0.29) is 5.69 Å². The van der Waals surface area contributed by atoms with E-state index < -0.39 is 17.0 Å². The Balaban J connectivity index is 2.16. The van der Waals surface area contributed by atoms with Crippen molar-refractivity contribution in [2.24, 2.45) is 4.99 Å². The van der Waals surface area contributed by atoms with Crippen LogP contribution in [0.5, 0.6) is 11.5 Å². The minimum absolute atomic E-state index is 0.00493. The smallest absolute Gasteiger partial charge is 0.344 e. The van der Waals surface area contributed by atoms with Gasteiger partial charge in [-0.25, -0.2) is 4.79 Å². The Morgan fingerprint density at radius 1 is 1.24 bits per heavy atom. The monoisotopic (exact) mass is 344 g/mol. The highest BCUT2D eigenvalue weighted by Crippen LogP contribution is 2.29. The van der Waals surface area contributed by atoms with Gasteiger partial charge in [-0.05, 0) is 42.8 Å². The van der Waals surface area contributed by atoms with Crippen LogP contribution in [0.15, 0.2) is 47.5 Å². The molecule has 8 nitrogen and oxygen atoms in total. The van der Waals surface area contributed by atoms with Gasteiger partial charge in [-0.3, -0.25) is 15.1 Å². The van der Waals surface area contributed by atoms with Gasteiger partial charge in [-0.2, -0.15) is 0 Å². The predicted molar refractivity (Wildman–Crippen MR) is 91.1 cm³/mol. The standard InChI is InChI=1S/C17H16N2O6/c1-11(17(20)21)25-15-8-3-12(9-16(15)24-2)10-18-13-4-6-14(7-5-13)19(22)23/h3-11H,1-2H3,(H,20,21)/t11-/m1/s1. The van der Waals surface area contributed by atoms with Crippen LogP contribution in [-0.2, 0) is 4.79 Å². The van der Waals surface area contributed by atoms with Gasteiger partial charge >= 0.3 is 5.97 Å². The lowest BCUT2D eigenvalue weighted by Crippen LogP contribution is -2.23. The molecule has 130 valence electrons. The van der Waals surface area contributed by atoms with Gasteiger partial charge in [0, 0.05) is 18.3 Å². The highest BCUT2D eigenvalue weighted by atomic mass is 16.6. The maximum absolute atomic E-state index is 10.9. The highest BCUT2D eigenvalue weighted by molar-refractivity contribution is 5.83. The van der Waals surface area contributed by atoms with Gasteiger partial charge < -0.3 is 14.6 Å². The van der Waals surface area contributed by atoms with Gasteiger partial charge in [0.05, 0.1) is 17.7 Å². The number of nitro benzene ring substituents is 1. The Hall–Kier alpha value is -3.42. The number of rotatable bonds is 7. The fourth-order valence-corrected chi connectivity index (χ4v) is 1.91. The number of non-ortho nitro benzene ring substituents is 1. The molecule has 0 aliphatic carbocycles. The molecule has 8 heteroatoms. The zero-order valence-corrected chi connectivity index (χ0v) is 13.6. The van der Waals surface area contributed by atoms with Crippen molar-refractivity contribution in [3.63, 3.8) is 0 Å². The molecule has 0 radical (unpaired) electrons. The first-order chi connectivity index (χ1) is 11.9. The first-order valence-corrected chi connectivity index (χ1v) is 7.26. The fraction of sp³-hybridized carbons (Fsp3) is 0.176. The highest BCUT2D eigenvalue weighted by Gasteiger charge is 2.15. The van der Waals surface area contributed by atoms with E-state index in [1.807, 2.05) is 0 Å². The van der Waals surface area contributed by atoms with E-state index in [9.17, 15) is 14.9 Å². The van der Waals surface area contributed by atoms with Crippen molar-refractivity contribution < 1.29 is 24.3 Å². The fourth-order valence-electron chi connectivity index (χ4n) is 1.91. The van der Waals surface area contributed by atoms with Crippen LogP contribution < -0.4 is 9.47 Å². The molecular formula is C17H16N2O6. The zero-order chi connectivity index (χ0) is 18.4. The third-order valence-corrected chi connectivity index (χ3v) is 3.26. The van der Waals surface area contributed by atoms with Crippen molar-refractivity contribution in [2.45, 2.75) is 13.0 Å². The molecule has 0 unspecified atom stereocenters. The summed E-state index contributed by atoms with van der Waals surface area (Å²) in [6.07, 6.45) is 0.558. The first kappa shape index (κ1) is 17.9. The molecule has 0 heterocycles. The molecule has 0 amide bonds. The molecule has 0 aromatic heterocycles. The van der Waals surface area contributed by atoms with Gasteiger partial charge in [-0.15, -0.1) is 0 Å². The topological polar surface area (TPSA) is 111 Å². The second kappa shape index (κ2) is 7.91. The van der Waals surface area contributed by atoms with Gasteiger partial charge in [0.15, 0.2) is 17.6 Å². The Labute approximate surface area is 143 Å². The molecule has 0 bridgehead atoms. The molecule has 1 atom stereocenters. The minimum atomic E-state index is -1.08. The van der Waals surface area contributed by atoms with Crippen LogP contribution in [-0.4, -0.2) is 35.4 Å². The van der Waals surface area contributed by atoms with Crippen molar-refractivity contribution in [3.8, 4) is 11.5 Å². The molecule has 25 heavy (non-hydrogen) atoms. The average Bonchev–Trinajstić information content (AvgIpc) is 2.60. The lowest BCUT2D eigenvalue weighted by molar-refractivity contribution is -0.384. The van der Waals surface area contributed by atoms with E-state index in [1.54, 1.807) is 24.4 Å². The Bertz CT molecular complexity index is 801. The summed E-state index contributed by atoms with van der Waals surface area (Å²) in [7, 11) is 1.45. The van der Waals surface area contributed by atoms with E-state index in [0.717, 1.165) is 0 Å². The molecule has 0 saturated carbocycles. The number of aliphatic imine (C=N–C) groups is 1. The number of hydrogen-bond donors (Lipinski definition) is 1. The number of benzene rings is 2. The van der Waals surface area contributed by atoms with E-state index in [0.29, 0.717) is 22.7 Å². The van der Waals surface area contributed by atoms with Crippen molar-refractivity contribution in [1.82, 2.24) is 0 Å². The molecule has 2 rings (SSSR count). The summed E-state index contributed by atoms with van der Waals surface area (Å²) in [5.41, 5.74) is 1.25.